The van der Waals surface area contributed by atoms with Crippen molar-refractivity contribution in [3.05, 3.63) is 0 Å². The summed E-state index contributed by atoms with van der Waals surface area (Å²) >= 11 is 0. The summed E-state index contributed by atoms with van der Waals surface area (Å²) in [7, 11) is 0. The number of aliphatic hydroxyl groups is 4. The Morgan fingerprint density at radius 1 is 0.760 bits per heavy atom. The molecule has 25 heavy (non-hydrogen) atoms. The van der Waals surface area contributed by atoms with E-state index in [-0.39, 0.29) is 19.3 Å². The van der Waals surface area contributed by atoms with Crippen molar-refractivity contribution >= 4 is 17.9 Å². The fourth-order valence-electron chi connectivity index (χ4n) is 1.55. The predicted molar refractivity (Wildman–Crippen MR) is 81.4 cm³/mol. The van der Waals surface area contributed by atoms with Gasteiger partial charge >= 0.3 is 17.9 Å². The van der Waals surface area contributed by atoms with Crippen molar-refractivity contribution in [2.75, 3.05) is 0 Å². The molecule has 0 rings (SSSR count). The van der Waals surface area contributed by atoms with E-state index in [0.717, 1.165) is 0 Å². The quantitative estimate of drug-likeness (QED) is 0.209. The monoisotopic (exact) mass is 366 g/mol. The molecule has 10 nitrogen and oxygen atoms in total. The Kier molecular flexibility index (Phi) is 10.2. The maximum absolute atomic E-state index is 12.0. The van der Waals surface area contributed by atoms with Gasteiger partial charge in [0.05, 0.1) is 12.8 Å². The number of ether oxygens (including phenoxy) is 3. The van der Waals surface area contributed by atoms with Crippen LogP contribution in [0.4, 0.5) is 0 Å². The Bertz CT molecular complexity index is 424. The fraction of sp³-hybridized carbons (Fsp3) is 0.800. The number of carbonyl (C=O) groups excluding carboxylic acids is 3. The van der Waals surface area contributed by atoms with Crippen LogP contribution < -0.4 is 0 Å². The fourth-order valence-corrected chi connectivity index (χ4v) is 1.55. The normalized spacial score (nSPS) is 16.9. The number of carbonyl (C=O) groups is 3. The Hall–Kier alpha value is -1.75. The third kappa shape index (κ3) is 8.77. The summed E-state index contributed by atoms with van der Waals surface area (Å²) in [5, 5.41) is 38.3. The number of hydrogen-bond donors (Lipinski definition) is 4. The second-order valence-electron chi connectivity index (χ2n) is 5.36. The van der Waals surface area contributed by atoms with E-state index in [1.54, 1.807) is 0 Å². The summed E-state index contributed by atoms with van der Waals surface area (Å²) in [4.78, 5) is 35.5. The summed E-state index contributed by atoms with van der Waals surface area (Å²) in [5.74, 6) is -3.76. The average molecular weight is 366 g/mol. The van der Waals surface area contributed by atoms with E-state index in [0.29, 0.717) is 0 Å². The highest BCUT2D eigenvalue weighted by molar-refractivity contribution is 5.90. The van der Waals surface area contributed by atoms with Crippen molar-refractivity contribution < 1.29 is 49.0 Å². The van der Waals surface area contributed by atoms with Crippen molar-refractivity contribution in [1.29, 1.82) is 0 Å². The van der Waals surface area contributed by atoms with Gasteiger partial charge in [0.25, 0.3) is 0 Å². The van der Waals surface area contributed by atoms with E-state index in [9.17, 15) is 34.8 Å². The lowest BCUT2D eigenvalue weighted by Gasteiger charge is -2.26. The van der Waals surface area contributed by atoms with Gasteiger partial charge in [0.15, 0.2) is 24.5 Å². The highest BCUT2D eigenvalue weighted by Gasteiger charge is 2.44. The lowest BCUT2D eigenvalue weighted by atomic mass is 9.95. The van der Waals surface area contributed by atoms with Crippen LogP contribution in [0.2, 0.25) is 0 Å². The van der Waals surface area contributed by atoms with Gasteiger partial charge in [0.1, 0.15) is 0 Å². The molecule has 0 aromatic carbocycles. The van der Waals surface area contributed by atoms with Crippen molar-refractivity contribution in [2.24, 2.45) is 0 Å². The largest absolute Gasteiger partial charge is 0.436 e. The van der Waals surface area contributed by atoms with Crippen LogP contribution in [0.15, 0.2) is 0 Å². The van der Waals surface area contributed by atoms with E-state index in [2.05, 4.69) is 14.2 Å². The molecule has 0 radical (unpaired) electrons. The molecule has 3 unspecified atom stereocenters. The first-order valence-electron chi connectivity index (χ1n) is 7.94. The first-order chi connectivity index (χ1) is 11.6. The summed E-state index contributed by atoms with van der Waals surface area (Å²) in [6.07, 6.45) is -6.30. The lowest BCUT2D eigenvalue weighted by Crippen LogP contribution is -2.46. The van der Waals surface area contributed by atoms with Crippen LogP contribution in [-0.4, -0.2) is 62.8 Å². The first kappa shape index (κ1) is 23.2. The molecular formula is C15H26O10. The standard InChI is InChI=1S/C15H26O10/c1-4-9(16)23-12(19)7-15(22,14(21)25-11(18)6-3)8-13(20)24-10(17)5-2/h9-11,16-18,22H,4-8H2,1-3H3. The van der Waals surface area contributed by atoms with Crippen LogP contribution >= 0.6 is 0 Å². The van der Waals surface area contributed by atoms with E-state index >= 15 is 0 Å². The number of rotatable bonds is 11. The van der Waals surface area contributed by atoms with Crippen LogP contribution in [0.1, 0.15) is 52.9 Å². The molecule has 0 bridgehead atoms. The first-order valence-corrected chi connectivity index (χ1v) is 7.94. The molecule has 146 valence electrons. The summed E-state index contributed by atoms with van der Waals surface area (Å²) < 4.78 is 13.6. The van der Waals surface area contributed by atoms with Gasteiger partial charge in [-0.3, -0.25) is 9.59 Å². The Labute approximate surface area is 145 Å². The average Bonchev–Trinajstić information content (AvgIpc) is 2.53. The van der Waals surface area contributed by atoms with Gasteiger partial charge < -0.3 is 34.6 Å². The molecular weight excluding hydrogens is 340 g/mol. The van der Waals surface area contributed by atoms with Gasteiger partial charge in [-0.25, -0.2) is 4.79 Å². The molecule has 0 saturated heterocycles. The SMILES string of the molecule is CCC(O)OC(=O)CC(O)(CC(=O)OC(O)CC)C(=O)OC(O)CC. The Balaban J connectivity index is 5.17. The molecule has 3 atom stereocenters. The molecule has 0 aromatic heterocycles. The van der Waals surface area contributed by atoms with Crippen LogP contribution in [-0.2, 0) is 28.6 Å². The van der Waals surface area contributed by atoms with Crippen molar-refractivity contribution in [3.8, 4) is 0 Å². The van der Waals surface area contributed by atoms with Gasteiger partial charge in [-0.05, 0) is 0 Å². The summed E-state index contributed by atoms with van der Waals surface area (Å²) in [6.45, 7) is 4.55. The molecule has 0 aliphatic heterocycles. The van der Waals surface area contributed by atoms with Crippen molar-refractivity contribution in [1.82, 2.24) is 0 Å². The van der Waals surface area contributed by atoms with Crippen LogP contribution in [0, 0.1) is 0 Å². The third-order valence-electron chi connectivity index (χ3n) is 3.08. The smallest absolute Gasteiger partial charge is 0.341 e. The number of hydrogen-bond acceptors (Lipinski definition) is 10. The minimum Gasteiger partial charge on any atom is -0.436 e. The second kappa shape index (κ2) is 11.0. The molecule has 4 N–H and O–H groups in total. The van der Waals surface area contributed by atoms with Gasteiger partial charge in [-0.1, -0.05) is 20.8 Å². The zero-order chi connectivity index (χ0) is 19.6. The molecule has 0 aromatic rings. The minimum atomic E-state index is -2.69. The highest BCUT2D eigenvalue weighted by atomic mass is 16.7. The molecule has 0 fully saturated rings. The van der Waals surface area contributed by atoms with Crippen LogP contribution in [0.25, 0.3) is 0 Å². The Morgan fingerprint density at radius 3 is 1.40 bits per heavy atom. The van der Waals surface area contributed by atoms with Crippen LogP contribution in [0.5, 0.6) is 0 Å². The molecule has 0 amide bonds. The van der Waals surface area contributed by atoms with E-state index in [1.165, 1.54) is 20.8 Å². The maximum Gasteiger partial charge on any atom is 0.341 e. The molecule has 0 aliphatic carbocycles. The summed E-state index contributed by atoms with van der Waals surface area (Å²) in [6, 6.07) is 0. The van der Waals surface area contributed by atoms with Gasteiger partial charge in [0.2, 0.25) is 0 Å². The third-order valence-corrected chi connectivity index (χ3v) is 3.08. The Morgan fingerprint density at radius 2 is 1.08 bits per heavy atom. The van der Waals surface area contributed by atoms with Crippen molar-refractivity contribution in [2.45, 2.75) is 77.3 Å². The summed E-state index contributed by atoms with van der Waals surface area (Å²) in [5.41, 5.74) is -2.69. The number of esters is 3. The topological polar surface area (TPSA) is 160 Å². The highest BCUT2D eigenvalue weighted by Crippen LogP contribution is 2.21. The van der Waals surface area contributed by atoms with E-state index < -0.39 is 55.2 Å². The van der Waals surface area contributed by atoms with E-state index in [4.69, 9.17) is 0 Å². The molecule has 0 saturated carbocycles. The molecule has 0 aliphatic rings. The van der Waals surface area contributed by atoms with Gasteiger partial charge in [0, 0.05) is 19.3 Å². The van der Waals surface area contributed by atoms with Crippen LogP contribution in [0.3, 0.4) is 0 Å². The maximum atomic E-state index is 12.0. The zero-order valence-corrected chi connectivity index (χ0v) is 14.5. The molecule has 0 heterocycles. The van der Waals surface area contributed by atoms with E-state index in [1.807, 2.05) is 0 Å². The zero-order valence-electron chi connectivity index (χ0n) is 14.5. The molecule has 10 heteroatoms. The minimum absolute atomic E-state index is 0.0137. The van der Waals surface area contributed by atoms with Gasteiger partial charge in [-0.2, -0.15) is 0 Å². The van der Waals surface area contributed by atoms with Gasteiger partial charge in [-0.15, -0.1) is 0 Å². The van der Waals surface area contributed by atoms with Crippen molar-refractivity contribution in [3.63, 3.8) is 0 Å². The molecule has 0 spiro atoms. The number of aliphatic hydroxyl groups excluding tert-OH is 3. The second-order valence-corrected chi connectivity index (χ2v) is 5.36. The predicted octanol–water partition coefficient (Wildman–Crippen LogP) is -0.688. The lowest BCUT2D eigenvalue weighted by molar-refractivity contribution is -0.202.